The van der Waals surface area contributed by atoms with E-state index in [4.69, 9.17) is 10.5 Å². The largest absolute Gasteiger partial charge is 0.444 e. The third kappa shape index (κ3) is 4.15. The summed E-state index contributed by atoms with van der Waals surface area (Å²) in [5.74, 6) is -3.93. The van der Waals surface area contributed by atoms with Crippen LogP contribution in [0, 0.1) is 17.5 Å². The zero-order valence-electron chi connectivity index (χ0n) is 16.1. The molecule has 1 aliphatic rings. The standard InChI is InChI=1S/C19H17F3N4O4S/c1-31(28,29)25-9-2-3-16-15(4-9)24-18-6-11(17(8-26(16)18)30-19(23)27)10-5-13(21)14(22)7-12(10)20/h2-5,7,11,17,25H,6,8H2,1H3,(H2,23,27)/t11-,17+/m1/s1. The highest BCUT2D eigenvalue weighted by Crippen LogP contribution is 2.36. The summed E-state index contributed by atoms with van der Waals surface area (Å²) in [7, 11) is -3.49. The van der Waals surface area contributed by atoms with Crippen molar-refractivity contribution in [3.8, 4) is 0 Å². The van der Waals surface area contributed by atoms with E-state index in [1.165, 1.54) is 6.07 Å². The molecule has 0 spiro atoms. The van der Waals surface area contributed by atoms with Crippen molar-refractivity contribution in [2.75, 3.05) is 11.0 Å². The van der Waals surface area contributed by atoms with Crippen molar-refractivity contribution in [1.82, 2.24) is 9.55 Å². The van der Waals surface area contributed by atoms with Gasteiger partial charge in [-0.2, -0.15) is 0 Å². The Hall–Kier alpha value is -3.28. The van der Waals surface area contributed by atoms with Crippen molar-refractivity contribution in [3.05, 3.63) is 59.2 Å². The number of hydrogen-bond acceptors (Lipinski definition) is 5. The molecule has 164 valence electrons. The number of nitrogens with two attached hydrogens (primary N) is 1. The number of imidazole rings is 1. The number of aromatic nitrogens is 2. The van der Waals surface area contributed by atoms with E-state index in [-0.39, 0.29) is 18.5 Å². The number of anilines is 1. The lowest BCUT2D eigenvalue weighted by atomic mass is 9.87. The molecule has 0 radical (unpaired) electrons. The summed E-state index contributed by atoms with van der Waals surface area (Å²) in [5.41, 5.74) is 6.38. The number of fused-ring (bicyclic) bond motifs is 3. The maximum absolute atomic E-state index is 14.4. The Morgan fingerprint density at radius 1 is 1.19 bits per heavy atom. The number of ether oxygens (including phenoxy) is 1. The summed E-state index contributed by atoms with van der Waals surface area (Å²) in [5, 5.41) is 0. The van der Waals surface area contributed by atoms with Gasteiger partial charge in [-0.25, -0.2) is 31.4 Å². The fraction of sp³-hybridized carbons (Fsp3) is 0.263. The first-order chi connectivity index (χ1) is 14.5. The fourth-order valence-corrected chi connectivity index (χ4v) is 4.41. The number of amides is 1. The molecular weight excluding hydrogens is 437 g/mol. The summed E-state index contributed by atoms with van der Waals surface area (Å²) < 4.78 is 73.8. The molecule has 31 heavy (non-hydrogen) atoms. The third-order valence-corrected chi connectivity index (χ3v) is 5.66. The molecule has 1 aliphatic heterocycles. The van der Waals surface area contributed by atoms with Crippen molar-refractivity contribution in [1.29, 1.82) is 0 Å². The molecule has 0 bridgehead atoms. The van der Waals surface area contributed by atoms with Crippen LogP contribution in [0.3, 0.4) is 0 Å². The Morgan fingerprint density at radius 2 is 1.90 bits per heavy atom. The van der Waals surface area contributed by atoms with Gasteiger partial charge in [0.15, 0.2) is 11.6 Å². The molecule has 0 saturated carbocycles. The van der Waals surface area contributed by atoms with Crippen molar-refractivity contribution in [2.24, 2.45) is 5.73 Å². The van der Waals surface area contributed by atoms with E-state index in [2.05, 4.69) is 9.71 Å². The van der Waals surface area contributed by atoms with Crippen molar-refractivity contribution in [2.45, 2.75) is 25.0 Å². The van der Waals surface area contributed by atoms with Gasteiger partial charge in [-0.05, 0) is 29.8 Å². The van der Waals surface area contributed by atoms with Crippen LogP contribution in [-0.4, -0.2) is 36.4 Å². The van der Waals surface area contributed by atoms with Crippen molar-refractivity contribution < 1.29 is 31.1 Å². The van der Waals surface area contributed by atoms with Gasteiger partial charge in [0.2, 0.25) is 10.0 Å². The number of carbonyl (C=O) groups excluding carboxylic acids is 1. The first kappa shape index (κ1) is 21.0. The van der Waals surface area contributed by atoms with Gasteiger partial charge in [-0.3, -0.25) is 4.72 Å². The molecule has 2 aromatic carbocycles. The lowest BCUT2D eigenvalue weighted by Crippen LogP contribution is -2.38. The zero-order chi connectivity index (χ0) is 22.5. The summed E-state index contributed by atoms with van der Waals surface area (Å²) in [6, 6.07) is 5.88. The highest BCUT2D eigenvalue weighted by Gasteiger charge is 2.36. The lowest BCUT2D eigenvalue weighted by Gasteiger charge is -2.32. The molecule has 0 aliphatic carbocycles. The molecule has 0 unspecified atom stereocenters. The molecule has 1 amide bonds. The van der Waals surface area contributed by atoms with Crippen LogP contribution in [0.15, 0.2) is 30.3 Å². The van der Waals surface area contributed by atoms with Crippen LogP contribution in [0.4, 0.5) is 23.7 Å². The molecule has 3 N–H and O–H groups in total. The molecule has 0 saturated heterocycles. The van der Waals surface area contributed by atoms with E-state index < -0.39 is 45.6 Å². The maximum Gasteiger partial charge on any atom is 0.404 e. The van der Waals surface area contributed by atoms with E-state index in [1.807, 2.05) is 0 Å². The normalized spacial score (nSPS) is 18.6. The number of nitrogens with zero attached hydrogens (tertiary/aromatic N) is 2. The smallest absolute Gasteiger partial charge is 0.404 e. The van der Waals surface area contributed by atoms with Crippen LogP contribution in [0.2, 0.25) is 0 Å². The first-order valence-electron chi connectivity index (χ1n) is 9.09. The molecule has 2 heterocycles. The lowest BCUT2D eigenvalue weighted by molar-refractivity contribution is 0.0684. The van der Waals surface area contributed by atoms with Crippen LogP contribution in [0.1, 0.15) is 17.3 Å². The van der Waals surface area contributed by atoms with Crippen molar-refractivity contribution >= 4 is 32.8 Å². The Balaban J connectivity index is 1.78. The van der Waals surface area contributed by atoms with E-state index in [1.54, 1.807) is 16.7 Å². The minimum absolute atomic E-state index is 0.0384. The Labute approximate surface area is 174 Å². The fourth-order valence-electron chi connectivity index (χ4n) is 3.85. The van der Waals surface area contributed by atoms with Gasteiger partial charge < -0.3 is 15.0 Å². The van der Waals surface area contributed by atoms with Crippen LogP contribution in [0.5, 0.6) is 0 Å². The molecule has 8 nitrogen and oxygen atoms in total. The Bertz CT molecular complexity index is 1310. The first-order valence-corrected chi connectivity index (χ1v) is 11.0. The molecular formula is C19H17F3N4O4S. The van der Waals surface area contributed by atoms with E-state index >= 15 is 0 Å². The molecule has 3 aromatic rings. The monoisotopic (exact) mass is 454 g/mol. The van der Waals surface area contributed by atoms with E-state index in [0.717, 1.165) is 12.3 Å². The Kier molecular flexibility index (Phi) is 5.04. The van der Waals surface area contributed by atoms with Gasteiger partial charge in [-0.15, -0.1) is 0 Å². The molecule has 12 heteroatoms. The average molecular weight is 454 g/mol. The van der Waals surface area contributed by atoms with E-state index in [0.29, 0.717) is 28.6 Å². The van der Waals surface area contributed by atoms with Gasteiger partial charge >= 0.3 is 6.09 Å². The van der Waals surface area contributed by atoms with Gasteiger partial charge in [-0.1, -0.05) is 0 Å². The van der Waals surface area contributed by atoms with Crippen LogP contribution >= 0.6 is 0 Å². The van der Waals surface area contributed by atoms with Gasteiger partial charge in [0.05, 0.1) is 29.5 Å². The topological polar surface area (TPSA) is 116 Å². The maximum atomic E-state index is 14.4. The number of sulfonamides is 1. The highest BCUT2D eigenvalue weighted by atomic mass is 32.2. The second-order valence-corrected chi connectivity index (χ2v) is 9.04. The zero-order valence-corrected chi connectivity index (χ0v) is 16.9. The SMILES string of the molecule is CS(=O)(=O)Nc1ccc2c(c1)nc1n2C[C@H](OC(N)=O)[C@@H](c2cc(F)c(F)cc2F)C1. The van der Waals surface area contributed by atoms with Crippen molar-refractivity contribution in [3.63, 3.8) is 0 Å². The molecule has 2 atom stereocenters. The predicted octanol–water partition coefficient (Wildman–Crippen LogP) is 2.63. The number of carbonyl (C=O) groups is 1. The minimum Gasteiger partial charge on any atom is -0.444 e. The van der Waals surface area contributed by atoms with E-state index in [9.17, 15) is 26.4 Å². The average Bonchev–Trinajstić information content (AvgIpc) is 2.99. The van der Waals surface area contributed by atoms with Crippen LogP contribution < -0.4 is 10.5 Å². The van der Waals surface area contributed by atoms with Gasteiger partial charge in [0.25, 0.3) is 0 Å². The van der Waals surface area contributed by atoms with Gasteiger partial charge in [0.1, 0.15) is 17.7 Å². The number of halogens is 3. The number of rotatable bonds is 4. The summed E-state index contributed by atoms with van der Waals surface area (Å²) in [4.78, 5) is 15.9. The molecule has 0 fully saturated rings. The number of nitrogens with one attached hydrogen (secondary N) is 1. The number of primary amides is 1. The van der Waals surface area contributed by atoms with Crippen LogP contribution in [0.25, 0.3) is 11.0 Å². The summed E-state index contributed by atoms with van der Waals surface area (Å²) in [6.45, 7) is 0.0384. The summed E-state index contributed by atoms with van der Waals surface area (Å²) >= 11 is 0. The third-order valence-electron chi connectivity index (χ3n) is 5.05. The second kappa shape index (κ2) is 7.45. The quantitative estimate of drug-likeness (QED) is 0.588. The second-order valence-electron chi connectivity index (χ2n) is 7.29. The van der Waals surface area contributed by atoms with Gasteiger partial charge in [0, 0.05) is 18.4 Å². The summed E-state index contributed by atoms with van der Waals surface area (Å²) in [6.07, 6.45) is -0.993. The van der Waals surface area contributed by atoms with Crippen LogP contribution in [-0.2, 0) is 27.7 Å². The molecule has 1 aromatic heterocycles. The minimum atomic E-state index is -3.49. The highest BCUT2D eigenvalue weighted by molar-refractivity contribution is 7.92. The molecule has 4 rings (SSSR count). The Morgan fingerprint density at radius 3 is 2.58 bits per heavy atom. The predicted molar refractivity (Wildman–Crippen MR) is 105 cm³/mol. The number of hydrogen-bond donors (Lipinski definition) is 2. The number of benzene rings is 2.